The highest BCUT2D eigenvalue weighted by Gasteiger charge is 2.44. The second kappa shape index (κ2) is 16.7. The monoisotopic (exact) mass is 751 g/mol. The van der Waals surface area contributed by atoms with Gasteiger partial charge in [0.15, 0.2) is 0 Å². The first-order chi connectivity index (χ1) is 26.8. The van der Waals surface area contributed by atoms with Crippen LogP contribution in [0.2, 0.25) is 0 Å². The van der Waals surface area contributed by atoms with Crippen molar-refractivity contribution in [2.75, 3.05) is 32.7 Å². The van der Waals surface area contributed by atoms with Crippen LogP contribution in [0.4, 0.5) is 8.78 Å². The van der Waals surface area contributed by atoms with Crippen LogP contribution >= 0.6 is 0 Å². The summed E-state index contributed by atoms with van der Waals surface area (Å²) in [6.07, 6.45) is 10.5. The van der Waals surface area contributed by atoms with Crippen LogP contribution in [0.25, 0.3) is 0 Å². The van der Waals surface area contributed by atoms with E-state index in [0.717, 1.165) is 83.1 Å². The molecule has 10 heteroatoms. The molecule has 8 nitrogen and oxygen atoms in total. The molecule has 2 bridgehead atoms. The van der Waals surface area contributed by atoms with Crippen LogP contribution in [0.1, 0.15) is 127 Å². The number of hydrogen-bond donors (Lipinski definition) is 1. The Labute approximate surface area is 324 Å². The number of nitrogens with one attached hydrogen (secondary N) is 1. The van der Waals surface area contributed by atoms with Gasteiger partial charge in [-0.15, -0.1) is 0 Å². The number of alkyl halides is 2. The minimum Gasteiger partial charge on any atom is -0.310 e. The number of piperazine rings is 1. The van der Waals surface area contributed by atoms with Crippen molar-refractivity contribution in [1.29, 1.82) is 0 Å². The Morgan fingerprint density at radius 2 is 1.64 bits per heavy atom. The summed E-state index contributed by atoms with van der Waals surface area (Å²) < 4.78 is 27.8. The molecule has 1 N–H and O–H groups in total. The molecule has 1 unspecified atom stereocenters. The lowest BCUT2D eigenvalue weighted by Gasteiger charge is -2.45. The van der Waals surface area contributed by atoms with E-state index in [4.69, 9.17) is 4.98 Å². The van der Waals surface area contributed by atoms with E-state index in [-0.39, 0.29) is 67.2 Å². The van der Waals surface area contributed by atoms with Crippen molar-refractivity contribution in [2.45, 2.75) is 119 Å². The molecule has 2 aromatic carbocycles. The summed E-state index contributed by atoms with van der Waals surface area (Å²) in [5.41, 5.74) is 4.67. The summed E-state index contributed by atoms with van der Waals surface area (Å²) in [6, 6.07) is 23.0. The molecule has 3 aromatic rings. The summed E-state index contributed by atoms with van der Waals surface area (Å²) in [4.78, 5) is 51.3. The summed E-state index contributed by atoms with van der Waals surface area (Å²) in [7, 11) is 0. The standard InChI is InChI=1S/C45H55F2N5O3/c46-45(47)22-19-32(20-23-45)41(53)28-34(31-10-2-1-3-11-31)21-27-51-35-17-18-39(51)38(49-29-35)30-50(40-16-8-12-33-13-9-24-48-42(33)40)25-6-7-26-52-43(54)36-14-4-5-15-37(36)44(52)55/h1-5,9-11,13-15,24,32,34-35,38-40,49H,6-8,12,16-23,25-30H2/t34-,35+,38?,39-,40+/m1/s1. The van der Waals surface area contributed by atoms with E-state index >= 15 is 0 Å². The molecule has 0 spiro atoms. The molecule has 1 aromatic heterocycles. The number of fused-ring (bicyclic) bond motifs is 4. The molecule has 292 valence electrons. The molecule has 1 saturated carbocycles. The number of imide groups is 1. The van der Waals surface area contributed by atoms with Gasteiger partial charge in [-0.25, -0.2) is 8.78 Å². The zero-order valence-electron chi connectivity index (χ0n) is 31.9. The predicted molar refractivity (Wildman–Crippen MR) is 208 cm³/mol. The van der Waals surface area contributed by atoms with Crippen molar-refractivity contribution in [1.82, 2.24) is 25.0 Å². The molecule has 2 saturated heterocycles. The van der Waals surface area contributed by atoms with Gasteiger partial charge in [0.2, 0.25) is 5.92 Å². The van der Waals surface area contributed by atoms with E-state index < -0.39 is 5.92 Å². The quantitative estimate of drug-likeness (QED) is 0.127. The highest BCUT2D eigenvalue weighted by atomic mass is 19.3. The zero-order valence-corrected chi connectivity index (χ0v) is 31.9. The maximum atomic E-state index is 13.9. The molecular weight excluding hydrogens is 697 g/mol. The molecule has 2 aliphatic carbocycles. The van der Waals surface area contributed by atoms with Gasteiger partial charge in [-0.2, -0.15) is 0 Å². The number of nitrogens with zero attached hydrogens (tertiary/aromatic N) is 4. The van der Waals surface area contributed by atoms with E-state index in [0.29, 0.717) is 36.2 Å². The summed E-state index contributed by atoms with van der Waals surface area (Å²) in [5, 5.41) is 3.95. The Morgan fingerprint density at radius 1 is 0.891 bits per heavy atom. The number of Topliss-reactive ketones (excluding diaryl/α,β-unsaturated/α-hetero) is 1. The van der Waals surface area contributed by atoms with Gasteiger partial charge in [-0.3, -0.25) is 34.1 Å². The number of ketones is 1. The van der Waals surface area contributed by atoms with Crippen LogP contribution in [-0.4, -0.2) is 94.1 Å². The van der Waals surface area contributed by atoms with Gasteiger partial charge in [0, 0.05) is 69.1 Å². The number of carbonyl (C=O) groups is 3. The number of pyridine rings is 1. The van der Waals surface area contributed by atoms with E-state index in [1.165, 1.54) is 16.2 Å². The van der Waals surface area contributed by atoms with Gasteiger partial charge >= 0.3 is 0 Å². The van der Waals surface area contributed by atoms with E-state index in [1.807, 2.05) is 42.6 Å². The lowest BCUT2D eigenvalue weighted by molar-refractivity contribution is -0.127. The fourth-order valence-corrected chi connectivity index (χ4v) is 10.4. The number of hydrogen-bond acceptors (Lipinski definition) is 7. The SMILES string of the molecule is O=C(C[C@@H](CCN1[C@H]2CC[C@@H]1C(CN(CCCCN1C(=O)c3ccccc3C1=O)[C@H]1CCCc3cccnc31)NC2)c1ccccc1)C1CCC(F)(F)CC1. The van der Waals surface area contributed by atoms with Crippen molar-refractivity contribution in [2.24, 2.45) is 5.92 Å². The molecule has 8 rings (SSSR count). The van der Waals surface area contributed by atoms with Crippen LogP contribution in [0.15, 0.2) is 72.9 Å². The lowest BCUT2D eigenvalue weighted by Crippen LogP contribution is -2.61. The largest absolute Gasteiger partial charge is 0.310 e. The molecule has 0 radical (unpaired) electrons. The fourth-order valence-electron chi connectivity index (χ4n) is 10.4. The molecular formula is C45H55F2N5O3. The maximum Gasteiger partial charge on any atom is 0.261 e. The minimum atomic E-state index is -2.64. The Morgan fingerprint density at radius 3 is 2.40 bits per heavy atom. The zero-order chi connectivity index (χ0) is 37.9. The number of benzene rings is 2. The number of unbranched alkanes of at least 4 members (excludes halogenated alkanes) is 1. The fraction of sp³-hybridized carbons (Fsp3) is 0.556. The first kappa shape index (κ1) is 38.0. The van der Waals surface area contributed by atoms with Crippen LogP contribution in [0, 0.1) is 5.92 Å². The second-order valence-electron chi connectivity index (χ2n) is 16.7. The van der Waals surface area contributed by atoms with Crippen LogP contribution in [0.3, 0.4) is 0 Å². The second-order valence-corrected chi connectivity index (χ2v) is 16.7. The van der Waals surface area contributed by atoms with Crippen molar-refractivity contribution < 1.29 is 23.2 Å². The van der Waals surface area contributed by atoms with Gasteiger partial charge in [0.05, 0.1) is 22.9 Å². The molecule has 4 heterocycles. The third kappa shape index (κ3) is 8.33. The molecule has 5 aliphatic rings. The molecule has 55 heavy (non-hydrogen) atoms. The van der Waals surface area contributed by atoms with E-state index in [2.05, 4.69) is 33.3 Å². The van der Waals surface area contributed by atoms with Gasteiger partial charge in [0.25, 0.3) is 11.8 Å². The number of carbonyl (C=O) groups excluding carboxylic acids is 3. The van der Waals surface area contributed by atoms with Crippen molar-refractivity contribution in [3.63, 3.8) is 0 Å². The first-order valence-electron chi connectivity index (χ1n) is 20.8. The summed E-state index contributed by atoms with van der Waals surface area (Å²) in [6.45, 7) is 3.98. The number of rotatable bonds is 15. The maximum absolute atomic E-state index is 13.9. The minimum absolute atomic E-state index is 0.0624. The van der Waals surface area contributed by atoms with E-state index in [9.17, 15) is 23.2 Å². The van der Waals surface area contributed by atoms with Gasteiger partial charge < -0.3 is 5.32 Å². The Bertz CT molecular complexity index is 1790. The third-order valence-electron chi connectivity index (χ3n) is 13.4. The Kier molecular flexibility index (Phi) is 11.6. The topological polar surface area (TPSA) is 85.9 Å². The van der Waals surface area contributed by atoms with Crippen molar-refractivity contribution in [3.8, 4) is 0 Å². The molecule has 3 fully saturated rings. The number of halogens is 2. The summed E-state index contributed by atoms with van der Waals surface area (Å²) >= 11 is 0. The van der Waals surface area contributed by atoms with Crippen molar-refractivity contribution >= 4 is 17.6 Å². The van der Waals surface area contributed by atoms with Gasteiger partial charge in [-0.05, 0) is 113 Å². The number of amides is 2. The van der Waals surface area contributed by atoms with Crippen LogP contribution in [0.5, 0.6) is 0 Å². The van der Waals surface area contributed by atoms with Gasteiger partial charge in [-0.1, -0.05) is 48.5 Å². The molecule has 5 atom stereocenters. The average molecular weight is 752 g/mol. The average Bonchev–Trinajstić information content (AvgIpc) is 3.63. The Hall–Kier alpha value is -3.86. The van der Waals surface area contributed by atoms with Crippen LogP contribution < -0.4 is 5.32 Å². The normalized spacial score (nSPS) is 25.6. The third-order valence-corrected chi connectivity index (χ3v) is 13.4. The van der Waals surface area contributed by atoms with E-state index in [1.54, 1.807) is 12.1 Å². The van der Waals surface area contributed by atoms with Crippen LogP contribution in [-0.2, 0) is 11.2 Å². The molecule has 2 amide bonds. The lowest BCUT2D eigenvalue weighted by atomic mass is 9.79. The first-order valence-corrected chi connectivity index (χ1v) is 20.8. The number of aromatic nitrogens is 1. The summed E-state index contributed by atoms with van der Waals surface area (Å²) in [5.74, 6) is -3.08. The smallest absolute Gasteiger partial charge is 0.261 e. The molecule has 3 aliphatic heterocycles. The highest BCUT2D eigenvalue weighted by Crippen LogP contribution is 2.40. The Balaban J connectivity index is 0.937. The van der Waals surface area contributed by atoms with Gasteiger partial charge in [0.1, 0.15) is 5.78 Å². The highest BCUT2D eigenvalue weighted by molar-refractivity contribution is 6.21. The predicted octanol–water partition coefficient (Wildman–Crippen LogP) is 7.60. The number of aryl methyl sites for hydroxylation is 1. The van der Waals surface area contributed by atoms with Crippen molar-refractivity contribution in [3.05, 3.63) is 101 Å².